The molecule has 4 nitrogen and oxygen atoms in total. The molecule has 1 N–H and O–H groups in total. The normalized spacial score (nSPS) is 11.7. The minimum absolute atomic E-state index is 0.0797. The van der Waals surface area contributed by atoms with Crippen LogP contribution in [0, 0.1) is 19.3 Å². The summed E-state index contributed by atoms with van der Waals surface area (Å²) >= 11 is 9.34. The van der Waals surface area contributed by atoms with Gasteiger partial charge in [-0.15, -0.1) is 4.99 Å². The molecular weight excluding hydrogens is 378 g/mol. The highest BCUT2D eigenvalue weighted by atomic mass is 35.5. The van der Waals surface area contributed by atoms with Gasteiger partial charge < -0.3 is 9.64 Å². The van der Waals surface area contributed by atoms with Crippen molar-refractivity contribution in [1.29, 1.82) is 5.41 Å². The predicted molar refractivity (Wildman–Crippen MR) is 119 cm³/mol. The van der Waals surface area contributed by atoms with Crippen LogP contribution in [-0.4, -0.2) is 36.1 Å². The number of hydrogen-bond donors (Lipinski definition) is 1. The first-order chi connectivity index (χ1) is 12.8. The van der Waals surface area contributed by atoms with Gasteiger partial charge in [0.2, 0.25) is 0 Å². The molecule has 2 aromatic carbocycles. The third-order valence-electron chi connectivity index (χ3n) is 4.45. The van der Waals surface area contributed by atoms with Crippen LogP contribution in [0.1, 0.15) is 29.2 Å². The average molecular weight is 405 g/mol. The average Bonchev–Trinajstić information content (AvgIpc) is 2.62. The first-order valence-corrected chi connectivity index (χ1v) is 9.79. The molecule has 144 valence electrons. The Balaban J connectivity index is 2.12. The second kappa shape index (κ2) is 9.93. The summed E-state index contributed by atoms with van der Waals surface area (Å²) < 4.78 is 5.83. The van der Waals surface area contributed by atoms with E-state index in [1.54, 1.807) is 24.3 Å². The first-order valence-electron chi connectivity index (χ1n) is 8.91. The van der Waals surface area contributed by atoms with E-state index in [1.807, 2.05) is 13.0 Å². The van der Waals surface area contributed by atoms with Crippen molar-refractivity contribution in [2.24, 2.45) is 4.99 Å². The standard InChI is InChI=1S/C21H26ClN3OS/c1-5-25(4)10-9-16-11-15(3)19(12-14(16)2)26-21(27)24-20(23)17-7-6-8-18(22)13-17/h6-8,11-13H,5,9-10H2,1-4H3,(H2,23,24,27)/p+1. The van der Waals surface area contributed by atoms with Gasteiger partial charge in [-0.1, -0.05) is 36.7 Å². The highest BCUT2D eigenvalue weighted by molar-refractivity contribution is 7.77. The molecule has 0 aliphatic heterocycles. The van der Waals surface area contributed by atoms with Gasteiger partial charge in [0, 0.05) is 17.1 Å². The zero-order valence-electron chi connectivity index (χ0n) is 16.3. The molecular formula is C21H27ClN3OS+. The number of aryl methyl sites for hydroxylation is 2. The lowest BCUT2D eigenvalue weighted by molar-refractivity contribution is 0.357. The van der Waals surface area contributed by atoms with Gasteiger partial charge in [0.05, 0.1) is 12.6 Å². The quantitative estimate of drug-likeness (QED) is 0.445. The molecule has 0 fully saturated rings. The van der Waals surface area contributed by atoms with Crippen LogP contribution in [0.25, 0.3) is 0 Å². The topological polar surface area (TPSA) is 48.7 Å². The summed E-state index contributed by atoms with van der Waals surface area (Å²) in [4.78, 5) is 6.47. The monoisotopic (exact) mass is 404 g/mol. The molecule has 0 saturated heterocycles. The number of rotatable bonds is 6. The largest absolute Gasteiger partial charge is 0.414 e. The number of halogens is 1. The molecule has 2 aromatic rings. The Morgan fingerprint density at radius 3 is 2.63 bits per heavy atom. The van der Waals surface area contributed by atoms with E-state index in [0.717, 1.165) is 30.8 Å². The molecule has 0 saturated carbocycles. The Hall–Kier alpha value is -1.82. The SMILES string of the molecule is CCN(C)CCc1cc(C)c(OC([SH2+])=NC(=N)c2cccc(Cl)c2)cc1C. The molecule has 0 amide bonds. The molecule has 0 heterocycles. The van der Waals surface area contributed by atoms with Crippen LogP contribution in [-0.2, 0) is 19.0 Å². The lowest BCUT2D eigenvalue weighted by Crippen LogP contribution is -2.20. The van der Waals surface area contributed by atoms with E-state index in [0.29, 0.717) is 10.6 Å². The van der Waals surface area contributed by atoms with Crippen molar-refractivity contribution in [2.75, 3.05) is 20.1 Å². The van der Waals surface area contributed by atoms with E-state index in [2.05, 4.69) is 49.5 Å². The molecule has 0 atom stereocenters. The predicted octanol–water partition coefficient (Wildman–Crippen LogP) is 4.22. The molecule has 0 aromatic heterocycles. The summed E-state index contributed by atoms with van der Waals surface area (Å²) in [5.41, 5.74) is 4.17. The van der Waals surface area contributed by atoms with Crippen LogP contribution >= 0.6 is 11.6 Å². The maximum atomic E-state index is 8.10. The van der Waals surface area contributed by atoms with E-state index in [1.165, 1.54) is 11.1 Å². The number of ether oxygens (including phenoxy) is 1. The van der Waals surface area contributed by atoms with Crippen LogP contribution in [0.2, 0.25) is 5.02 Å². The van der Waals surface area contributed by atoms with Crippen molar-refractivity contribution in [3.63, 3.8) is 0 Å². The van der Waals surface area contributed by atoms with E-state index in [9.17, 15) is 0 Å². The smallest absolute Gasteiger partial charge is 0.402 e. The van der Waals surface area contributed by atoms with Crippen molar-refractivity contribution in [3.05, 3.63) is 63.7 Å². The van der Waals surface area contributed by atoms with Crippen LogP contribution < -0.4 is 4.74 Å². The number of likely N-dealkylation sites (N-methyl/N-ethyl adjacent to an activating group) is 1. The van der Waals surface area contributed by atoms with Crippen molar-refractivity contribution in [3.8, 4) is 5.75 Å². The number of aliphatic imine (C=N–C) groups is 1. The minimum Gasteiger partial charge on any atom is -0.402 e. The Kier molecular flexibility index (Phi) is 7.90. The van der Waals surface area contributed by atoms with Gasteiger partial charge in [-0.25, -0.2) is 0 Å². The third kappa shape index (κ3) is 6.38. The fraction of sp³-hybridized carbons (Fsp3) is 0.333. The Morgan fingerprint density at radius 2 is 1.96 bits per heavy atom. The molecule has 0 aliphatic rings. The fourth-order valence-electron chi connectivity index (χ4n) is 2.63. The van der Waals surface area contributed by atoms with Gasteiger partial charge in [0.25, 0.3) is 0 Å². The van der Waals surface area contributed by atoms with E-state index in [4.69, 9.17) is 21.7 Å². The second-order valence-electron chi connectivity index (χ2n) is 6.57. The summed E-state index contributed by atoms with van der Waals surface area (Å²) in [5.74, 6) is 0.809. The Morgan fingerprint density at radius 1 is 1.22 bits per heavy atom. The highest BCUT2D eigenvalue weighted by Gasteiger charge is 2.12. The van der Waals surface area contributed by atoms with E-state index in [-0.39, 0.29) is 11.1 Å². The zero-order valence-corrected chi connectivity index (χ0v) is 18.0. The van der Waals surface area contributed by atoms with Crippen molar-refractivity contribution in [1.82, 2.24) is 4.90 Å². The van der Waals surface area contributed by atoms with Crippen molar-refractivity contribution in [2.45, 2.75) is 27.2 Å². The third-order valence-corrected chi connectivity index (χ3v) is 4.90. The highest BCUT2D eigenvalue weighted by Crippen LogP contribution is 2.24. The van der Waals surface area contributed by atoms with Gasteiger partial charge in [0.15, 0.2) is 5.84 Å². The molecule has 27 heavy (non-hydrogen) atoms. The number of benzene rings is 2. The number of nitrogens with zero attached hydrogens (tertiary/aromatic N) is 2. The van der Waals surface area contributed by atoms with Gasteiger partial charge in [-0.3, -0.25) is 5.41 Å². The molecule has 0 spiro atoms. The molecule has 2 rings (SSSR count). The summed E-state index contributed by atoms with van der Waals surface area (Å²) in [6.45, 7) is 8.34. The molecule has 0 unspecified atom stereocenters. The molecule has 0 aliphatic carbocycles. The maximum absolute atomic E-state index is 8.10. The Labute approximate surface area is 172 Å². The lowest BCUT2D eigenvalue weighted by atomic mass is 10.0. The number of hydrogen-bond acceptors (Lipinski definition) is 3. The fourth-order valence-corrected chi connectivity index (χ4v) is 3.04. The maximum Gasteiger partial charge on any atom is 0.414 e. The van der Waals surface area contributed by atoms with Gasteiger partial charge in [0.1, 0.15) is 5.75 Å². The lowest BCUT2D eigenvalue weighted by Gasteiger charge is -2.16. The van der Waals surface area contributed by atoms with Crippen molar-refractivity contribution >= 4 is 35.3 Å². The van der Waals surface area contributed by atoms with Crippen LogP contribution in [0.3, 0.4) is 0 Å². The molecule has 0 bridgehead atoms. The number of nitrogens with one attached hydrogen (secondary N) is 1. The van der Waals surface area contributed by atoms with Gasteiger partial charge in [-0.05, 0) is 68.8 Å². The van der Waals surface area contributed by atoms with Crippen LogP contribution in [0.15, 0.2) is 41.4 Å². The number of amidine groups is 1. The minimum atomic E-state index is 0.0797. The van der Waals surface area contributed by atoms with Gasteiger partial charge in [-0.2, -0.15) is 0 Å². The molecule has 0 radical (unpaired) electrons. The van der Waals surface area contributed by atoms with Crippen LogP contribution in [0.4, 0.5) is 0 Å². The Bertz CT molecular complexity index is 851. The van der Waals surface area contributed by atoms with Crippen LogP contribution in [0.5, 0.6) is 5.75 Å². The van der Waals surface area contributed by atoms with E-state index < -0.39 is 0 Å². The first kappa shape index (κ1) is 21.5. The summed E-state index contributed by atoms with van der Waals surface area (Å²) in [5, 5.41) is 8.91. The van der Waals surface area contributed by atoms with Gasteiger partial charge >= 0.3 is 5.23 Å². The summed E-state index contributed by atoms with van der Waals surface area (Å²) in [6.07, 6.45) is 1.01. The second-order valence-corrected chi connectivity index (χ2v) is 7.43. The molecule has 6 heteroatoms. The van der Waals surface area contributed by atoms with Crippen molar-refractivity contribution < 1.29 is 4.74 Å². The van der Waals surface area contributed by atoms with E-state index >= 15 is 0 Å². The zero-order chi connectivity index (χ0) is 20.0. The summed E-state index contributed by atoms with van der Waals surface area (Å²) in [6, 6.07) is 11.2. The summed E-state index contributed by atoms with van der Waals surface area (Å²) in [7, 11) is 2.13.